The smallest absolute Gasteiger partial charge is 0.115 e. The third-order valence-corrected chi connectivity index (χ3v) is 5.45. The molecular formula is C26H40O. The van der Waals surface area contributed by atoms with Crippen LogP contribution in [0.4, 0.5) is 0 Å². The molecule has 0 aliphatic heterocycles. The first kappa shape index (κ1) is 23.3. The molecule has 1 heteroatoms. The second-order valence-corrected chi connectivity index (χ2v) is 7.36. The minimum absolute atomic E-state index is 0.324. The summed E-state index contributed by atoms with van der Waals surface area (Å²) in [4.78, 5) is 0. The van der Waals surface area contributed by atoms with Crippen molar-refractivity contribution in [1.82, 2.24) is 0 Å². The Morgan fingerprint density at radius 2 is 1.44 bits per heavy atom. The summed E-state index contributed by atoms with van der Waals surface area (Å²) in [5.41, 5.74) is 5.22. The molecule has 1 fully saturated rings. The van der Waals surface area contributed by atoms with Gasteiger partial charge in [-0.25, -0.2) is 0 Å². The van der Waals surface area contributed by atoms with E-state index in [9.17, 15) is 5.11 Å². The highest BCUT2D eigenvalue weighted by molar-refractivity contribution is 5.68. The molecule has 2 aromatic rings. The maximum Gasteiger partial charge on any atom is 0.115 e. The van der Waals surface area contributed by atoms with Gasteiger partial charge in [-0.1, -0.05) is 90.6 Å². The molecule has 3 rings (SSSR count). The first-order valence-electron chi connectivity index (χ1n) is 11.0. The number of phenolic OH excluding ortho intramolecular Hbond substituents is 1. The van der Waals surface area contributed by atoms with E-state index in [1.54, 1.807) is 12.1 Å². The molecule has 1 N–H and O–H groups in total. The fraction of sp³-hybridized carbons (Fsp3) is 0.538. The Morgan fingerprint density at radius 1 is 0.852 bits per heavy atom. The Labute approximate surface area is 167 Å². The molecule has 1 saturated carbocycles. The Hall–Kier alpha value is -1.76. The van der Waals surface area contributed by atoms with Gasteiger partial charge in [-0.3, -0.25) is 0 Å². The van der Waals surface area contributed by atoms with E-state index >= 15 is 0 Å². The highest BCUT2D eigenvalue weighted by Gasteiger charge is 2.17. The Morgan fingerprint density at radius 3 is 2.00 bits per heavy atom. The Bertz CT molecular complexity index is 634. The average Bonchev–Trinajstić information content (AvgIpc) is 2.72. The van der Waals surface area contributed by atoms with E-state index in [0.29, 0.717) is 5.75 Å². The predicted octanol–water partition coefficient (Wildman–Crippen LogP) is 8.18. The van der Waals surface area contributed by atoms with Gasteiger partial charge in [0.05, 0.1) is 0 Å². The molecule has 0 spiro atoms. The lowest BCUT2D eigenvalue weighted by molar-refractivity contribution is 0.278. The van der Waals surface area contributed by atoms with Crippen molar-refractivity contribution in [1.29, 1.82) is 0 Å². The fourth-order valence-corrected chi connectivity index (χ4v) is 3.83. The zero-order valence-corrected chi connectivity index (χ0v) is 18.4. The van der Waals surface area contributed by atoms with Crippen molar-refractivity contribution in [3.63, 3.8) is 0 Å². The number of hydrogen-bond acceptors (Lipinski definition) is 1. The van der Waals surface area contributed by atoms with Crippen LogP contribution in [0.1, 0.15) is 77.8 Å². The van der Waals surface area contributed by atoms with E-state index in [1.807, 2.05) is 39.8 Å². The molecule has 2 aromatic carbocycles. The summed E-state index contributed by atoms with van der Waals surface area (Å²) in [6.07, 6.45) is 8.23. The van der Waals surface area contributed by atoms with Gasteiger partial charge in [0.1, 0.15) is 5.75 Å². The second kappa shape index (κ2) is 12.6. The van der Waals surface area contributed by atoms with Crippen LogP contribution in [0.25, 0.3) is 11.1 Å². The van der Waals surface area contributed by atoms with Crippen LogP contribution >= 0.6 is 0 Å². The van der Waals surface area contributed by atoms with Gasteiger partial charge >= 0.3 is 0 Å². The van der Waals surface area contributed by atoms with Gasteiger partial charge in [-0.15, -0.1) is 0 Å². The summed E-state index contributed by atoms with van der Waals surface area (Å²) in [6.45, 7) is 12.6. The van der Waals surface area contributed by atoms with Crippen LogP contribution in [0.3, 0.4) is 0 Å². The van der Waals surface area contributed by atoms with Crippen molar-refractivity contribution in [3.8, 4) is 16.9 Å². The molecule has 0 radical (unpaired) electrons. The second-order valence-electron chi connectivity index (χ2n) is 7.36. The van der Waals surface area contributed by atoms with Crippen LogP contribution in [0.15, 0.2) is 42.5 Å². The quantitative estimate of drug-likeness (QED) is 0.577. The lowest BCUT2D eigenvalue weighted by Gasteiger charge is -2.26. The summed E-state index contributed by atoms with van der Waals surface area (Å²) < 4.78 is 0. The van der Waals surface area contributed by atoms with E-state index in [2.05, 4.69) is 32.0 Å². The number of phenols is 1. The summed E-state index contributed by atoms with van der Waals surface area (Å²) in [5, 5.41) is 9.43. The summed E-state index contributed by atoms with van der Waals surface area (Å²) in [5.74, 6) is 2.20. The van der Waals surface area contributed by atoms with E-state index in [1.165, 1.54) is 60.8 Å². The topological polar surface area (TPSA) is 20.2 Å². The molecule has 0 saturated heterocycles. The van der Waals surface area contributed by atoms with E-state index < -0.39 is 0 Å². The molecular weight excluding hydrogens is 328 g/mol. The maximum atomic E-state index is 9.43. The normalized spacial score (nSPS) is 18.6. The van der Waals surface area contributed by atoms with E-state index in [0.717, 1.165) is 11.8 Å². The van der Waals surface area contributed by atoms with Crippen LogP contribution in [0.2, 0.25) is 0 Å². The maximum absolute atomic E-state index is 9.43. The number of rotatable bonds is 4. The number of hydrogen-bond donors (Lipinski definition) is 1. The van der Waals surface area contributed by atoms with E-state index in [4.69, 9.17) is 0 Å². The third kappa shape index (κ3) is 7.40. The van der Waals surface area contributed by atoms with Crippen molar-refractivity contribution < 1.29 is 5.11 Å². The average molecular weight is 369 g/mol. The van der Waals surface area contributed by atoms with Gasteiger partial charge in [0.15, 0.2) is 0 Å². The first-order valence-corrected chi connectivity index (χ1v) is 11.0. The molecule has 150 valence electrons. The van der Waals surface area contributed by atoms with Crippen molar-refractivity contribution >= 4 is 0 Å². The van der Waals surface area contributed by atoms with Crippen molar-refractivity contribution in [2.45, 2.75) is 80.1 Å². The van der Waals surface area contributed by atoms with Crippen LogP contribution < -0.4 is 0 Å². The van der Waals surface area contributed by atoms with Gasteiger partial charge in [0, 0.05) is 0 Å². The van der Waals surface area contributed by atoms with Crippen LogP contribution in [0.5, 0.6) is 5.75 Å². The lowest BCUT2D eigenvalue weighted by atomic mass is 9.80. The Kier molecular flexibility index (Phi) is 10.9. The molecule has 0 aromatic heterocycles. The lowest BCUT2D eigenvalue weighted by Crippen LogP contribution is -2.12. The van der Waals surface area contributed by atoms with Gasteiger partial charge in [0.2, 0.25) is 0 Å². The summed E-state index contributed by atoms with van der Waals surface area (Å²) >= 11 is 0. The predicted molar refractivity (Wildman–Crippen MR) is 120 cm³/mol. The molecule has 1 aliphatic rings. The zero-order valence-electron chi connectivity index (χ0n) is 18.4. The highest BCUT2D eigenvalue weighted by Crippen LogP contribution is 2.32. The van der Waals surface area contributed by atoms with Crippen LogP contribution in [0, 0.1) is 18.8 Å². The summed E-state index contributed by atoms with van der Waals surface area (Å²) in [7, 11) is 0. The van der Waals surface area contributed by atoms with Crippen LogP contribution in [-0.4, -0.2) is 5.11 Å². The first-order chi connectivity index (χ1) is 13.1. The molecule has 0 amide bonds. The largest absolute Gasteiger partial charge is 0.508 e. The van der Waals surface area contributed by atoms with Crippen molar-refractivity contribution in [2.24, 2.45) is 11.8 Å². The number of aromatic hydroxyl groups is 1. The van der Waals surface area contributed by atoms with Gasteiger partial charge < -0.3 is 5.11 Å². The summed E-state index contributed by atoms with van der Waals surface area (Å²) in [6, 6.07) is 14.3. The van der Waals surface area contributed by atoms with Crippen molar-refractivity contribution in [3.05, 3.63) is 53.6 Å². The SMILES string of the molecule is CC.CC.Cc1cc(CCC2CCC(C)CC2)ccc1-c1ccc(O)cc1. The molecule has 1 nitrogen and oxygen atoms in total. The van der Waals surface area contributed by atoms with Crippen molar-refractivity contribution in [2.75, 3.05) is 0 Å². The van der Waals surface area contributed by atoms with Gasteiger partial charge in [-0.2, -0.15) is 0 Å². The molecule has 0 atom stereocenters. The van der Waals surface area contributed by atoms with Gasteiger partial charge in [0.25, 0.3) is 0 Å². The number of aryl methyl sites for hydroxylation is 2. The fourth-order valence-electron chi connectivity index (χ4n) is 3.83. The minimum atomic E-state index is 0.324. The molecule has 0 unspecified atom stereocenters. The monoisotopic (exact) mass is 368 g/mol. The highest BCUT2D eigenvalue weighted by atomic mass is 16.3. The Balaban J connectivity index is 0.000000855. The zero-order chi connectivity index (χ0) is 20.2. The molecule has 27 heavy (non-hydrogen) atoms. The molecule has 0 bridgehead atoms. The minimum Gasteiger partial charge on any atom is -0.508 e. The molecule has 0 heterocycles. The van der Waals surface area contributed by atoms with Gasteiger partial charge in [-0.05, 0) is 66.0 Å². The number of benzene rings is 2. The van der Waals surface area contributed by atoms with Crippen LogP contribution in [-0.2, 0) is 6.42 Å². The molecule has 1 aliphatic carbocycles. The standard InChI is InChI=1S/C22H28O.2C2H6/c1-16-3-5-18(6-4-16)7-8-19-9-14-22(17(2)15-19)20-10-12-21(23)13-11-20;2*1-2/h9-16,18,23H,3-8H2,1-2H3;2*1-2H3. The van der Waals surface area contributed by atoms with E-state index in [-0.39, 0.29) is 0 Å². The third-order valence-electron chi connectivity index (χ3n) is 5.45.